The topological polar surface area (TPSA) is 44.5 Å². The van der Waals surface area contributed by atoms with Crippen LogP contribution in [0.3, 0.4) is 0 Å². The quantitative estimate of drug-likeness (QED) is 0.911. The van der Waals surface area contributed by atoms with Gasteiger partial charge in [-0.3, -0.25) is 0 Å². The maximum atomic E-state index is 13.3. The Kier molecular flexibility index (Phi) is 3.74. The fourth-order valence-electron chi connectivity index (χ4n) is 2.56. The highest BCUT2D eigenvalue weighted by molar-refractivity contribution is 6.32. The average molecular weight is 308 g/mol. The second-order valence-electron chi connectivity index (χ2n) is 5.02. The van der Waals surface area contributed by atoms with Gasteiger partial charge in [-0.1, -0.05) is 17.7 Å². The molecule has 5 heteroatoms. The van der Waals surface area contributed by atoms with Crippen LogP contribution in [-0.2, 0) is 0 Å². The van der Waals surface area contributed by atoms with E-state index in [0.29, 0.717) is 28.5 Å². The molecule has 0 fully saturated rings. The molecule has 1 aliphatic rings. The lowest BCUT2D eigenvalue weighted by molar-refractivity contribution is 0.161. The van der Waals surface area contributed by atoms with Crippen molar-refractivity contribution in [3.63, 3.8) is 0 Å². The van der Waals surface area contributed by atoms with Gasteiger partial charge in [-0.25, -0.2) is 4.39 Å². The molecule has 3 nitrogen and oxygen atoms in total. The Morgan fingerprint density at radius 3 is 2.81 bits per heavy atom. The number of methoxy groups -OCH3 is 1. The molecule has 2 aromatic rings. The lowest BCUT2D eigenvalue weighted by Gasteiger charge is -2.30. The van der Waals surface area contributed by atoms with Crippen LogP contribution in [-0.4, -0.2) is 7.11 Å². The molecule has 1 unspecified atom stereocenters. The molecule has 0 saturated carbocycles. The monoisotopic (exact) mass is 307 g/mol. The van der Waals surface area contributed by atoms with Crippen LogP contribution in [0.4, 0.5) is 4.39 Å². The molecule has 0 spiro atoms. The molecule has 2 atom stereocenters. The van der Waals surface area contributed by atoms with Gasteiger partial charge in [0.2, 0.25) is 0 Å². The molecular formula is C16H15ClFNO2. The molecule has 0 aliphatic carbocycles. The third-order valence-corrected chi connectivity index (χ3v) is 3.95. The lowest BCUT2D eigenvalue weighted by atomic mass is 9.93. The Morgan fingerprint density at radius 1 is 1.29 bits per heavy atom. The summed E-state index contributed by atoms with van der Waals surface area (Å²) >= 11 is 6.14. The van der Waals surface area contributed by atoms with E-state index in [0.717, 1.165) is 5.56 Å². The van der Waals surface area contributed by atoms with E-state index in [4.69, 9.17) is 26.8 Å². The third kappa shape index (κ3) is 2.69. The van der Waals surface area contributed by atoms with Crippen molar-refractivity contribution < 1.29 is 13.9 Å². The second kappa shape index (κ2) is 5.54. The predicted octanol–water partition coefficient (Wildman–Crippen LogP) is 4.01. The van der Waals surface area contributed by atoms with E-state index in [1.54, 1.807) is 19.2 Å². The summed E-state index contributed by atoms with van der Waals surface area (Å²) in [5.41, 5.74) is 7.76. The molecule has 3 rings (SSSR count). The van der Waals surface area contributed by atoms with Crippen LogP contribution in [0.1, 0.15) is 29.7 Å². The van der Waals surface area contributed by atoms with Gasteiger partial charge in [0, 0.05) is 18.0 Å². The van der Waals surface area contributed by atoms with E-state index in [9.17, 15) is 4.39 Å². The van der Waals surface area contributed by atoms with E-state index in [1.165, 1.54) is 12.1 Å². The van der Waals surface area contributed by atoms with Gasteiger partial charge in [-0.2, -0.15) is 0 Å². The van der Waals surface area contributed by atoms with Gasteiger partial charge >= 0.3 is 0 Å². The Bertz CT molecular complexity index is 677. The largest absolute Gasteiger partial charge is 0.495 e. The minimum Gasteiger partial charge on any atom is -0.495 e. The number of rotatable bonds is 2. The van der Waals surface area contributed by atoms with Crippen LogP contribution in [0.25, 0.3) is 0 Å². The number of ether oxygens (including phenoxy) is 2. The van der Waals surface area contributed by atoms with Crippen LogP contribution in [0.2, 0.25) is 5.02 Å². The Morgan fingerprint density at radius 2 is 2.10 bits per heavy atom. The second-order valence-corrected chi connectivity index (χ2v) is 5.43. The third-order valence-electron chi connectivity index (χ3n) is 3.66. The van der Waals surface area contributed by atoms with Crippen molar-refractivity contribution >= 4 is 11.6 Å². The summed E-state index contributed by atoms with van der Waals surface area (Å²) in [5, 5.41) is 0.525. The van der Waals surface area contributed by atoms with Gasteiger partial charge in [0.1, 0.15) is 23.4 Å². The number of hydrogen-bond acceptors (Lipinski definition) is 3. The Balaban J connectivity index is 1.92. The lowest BCUT2D eigenvalue weighted by Crippen LogP contribution is -2.24. The van der Waals surface area contributed by atoms with Crippen molar-refractivity contribution in [3.8, 4) is 11.5 Å². The molecule has 110 valence electrons. The molecule has 21 heavy (non-hydrogen) atoms. The number of halogens is 2. The first kappa shape index (κ1) is 14.2. The first-order valence-electron chi connectivity index (χ1n) is 6.63. The van der Waals surface area contributed by atoms with Crippen LogP contribution in [0.5, 0.6) is 11.5 Å². The maximum Gasteiger partial charge on any atom is 0.137 e. The predicted molar refractivity (Wildman–Crippen MR) is 79.3 cm³/mol. The van der Waals surface area contributed by atoms with E-state index < -0.39 is 0 Å². The summed E-state index contributed by atoms with van der Waals surface area (Å²) in [4.78, 5) is 0. The highest BCUT2D eigenvalue weighted by atomic mass is 35.5. The van der Waals surface area contributed by atoms with Crippen molar-refractivity contribution in [1.82, 2.24) is 0 Å². The SMILES string of the molecule is COc1ccc(C2C[C@@H](N)c3cc(F)ccc3O2)cc1Cl. The highest BCUT2D eigenvalue weighted by Gasteiger charge is 2.27. The summed E-state index contributed by atoms with van der Waals surface area (Å²) in [7, 11) is 1.57. The standard InChI is InChI=1S/C16H15ClFNO2/c1-20-15-4-2-9(6-12(15)17)16-8-13(19)11-7-10(18)3-5-14(11)21-16/h2-7,13,16H,8,19H2,1H3/t13-,16?/m1/s1. The van der Waals surface area contributed by atoms with E-state index in [-0.39, 0.29) is 18.0 Å². The minimum atomic E-state index is -0.307. The first-order valence-corrected chi connectivity index (χ1v) is 7.01. The number of nitrogens with two attached hydrogens (primary N) is 1. The van der Waals surface area contributed by atoms with Crippen molar-refractivity contribution in [1.29, 1.82) is 0 Å². The van der Waals surface area contributed by atoms with Gasteiger partial charge in [0.05, 0.1) is 12.1 Å². The minimum absolute atomic E-state index is 0.207. The summed E-state index contributed by atoms with van der Waals surface area (Å²) in [6.07, 6.45) is 0.361. The zero-order valence-electron chi connectivity index (χ0n) is 11.5. The van der Waals surface area contributed by atoms with Gasteiger partial charge in [0.15, 0.2) is 0 Å². The van der Waals surface area contributed by atoms with E-state index >= 15 is 0 Å². The van der Waals surface area contributed by atoms with Crippen molar-refractivity contribution in [2.24, 2.45) is 5.73 Å². The van der Waals surface area contributed by atoms with Crippen LogP contribution in [0, 0.1) is 5.82 Å². The van der Waals surface area contributed by atoms with Gasteiger partial charge < -0.3 is 15.2 Å². The molecule has 0 saturated heterocycles. The summed E-state index contributed by atoms with van der Waals surface area (Å²) in [6, 6.07) is 9.65. The smallest absolute Gasteiger partial charge is 0.137 e. The van der Waals surface area contributed by atoms with Crippen LogP contribution < -0.4 is 15.2 Å². The zero-order chi connectivity index (χ0) is 15.0. The number of fused-ring (bicyclic) bond motifs is 1. The normalized spacial score (nSPS) is 20.6. The zero-order valence-corrected chi connectivity index (χ0v) is 12.2. The Hall–Kier alpha value is -1.78. The van der Waals surface area contributed by atoms with Gasteiger partial charge in [-0.15, -0.1) is 0 Å². The summed E-state index contributed by atoms with van der Waals surface area (Å²) in [5.74, 6) is 0.925. The van der Waals surface area contributed by atoms with Gasteiger partial charge in [0.25, 0.3) is 0 Å². The van der Waals surface area contributed by atoms with Gasteiger partial charge in [-0.05, 0) is 35.9 Å². The molecule has 1 heterocycles. The van der Waals surface area contributed by atoms with Crippen LogP contribution >= 0.6 is 11.6 Å². The summed E-state index contributed by atoms with van der Waals surface area (Å²) < 4.78 is 24.3. The summed E-state index contributed by atoms with van der Waals surface area (Å²) in [6.45, 7) is 0. The van der Waals surface area contributed by atoms with Crippen LogP contribution in [0.15, 0.2) is 36.4 Å². The van der Waals surface area contributed by atoms with E-state index in [2.05, 4.69) is 0 Å². The van der Waals surface area contributed by atoms with E-state index in [1.807, 2.05) is 12.1 Å². The van der Waals surface area contributed by atoms with Crippen molar-refractivity contribution in [3.05, 3.63) is 58.4 Å². The van der Waals surface area contributed by atoms with Crippen molar-refractivity contribution in [2.75, 3.05) is 7.11 Å². The fourth-order valence-corrected chi connectivity index (χ4v) is 2.83. The van der Waals surface area contributed by atoms with Crippen molar-refractivity contribution in [2.45, 2.75) is 18.6 Å². The fraction of sp³-hybridized carbons (Fsp3) is 0.250. The highest BCUT2D eigenvalue weighted by Crippen LogP contribution is 2.41. The Labute approximate surface area is 127 Å². The molecule has 0 aromatic heterocycles. The molecular weight excluding hydrogens is 293 g/mol. The first-order chi connectivity index (χ1) is 10.1. The molecule has 0 amide bonds. The average Bonchev–Trinajstić information content (AvgIpc) is 2.47. The molecule has 2 N–H and O–H groups in total. The number of hydrogen-bond donors (Lipinski definition) is 1. The molecule has 2 aromatic carbocycles. The maximum absolute atomic E-state index is 13.3. The number of benzene rings is 2. The molecule has 1 aliphatic heterocycles. The molecule has 0 bridgehead atoms. The molecule has 0 radical (unpaired) electrons.